The molecule has 5 nitrogen and oxygen atoms in total. The molecule has 100 valence electrons. The Morgan fingerprint density at radius 3 is 3.28 bits per heavy atom. The summed E-state index contributed by atoms with van der Waals surface area (Å²) in [5.74, 6) is 0.103. The highest BCUT2D eigenvalue weighted by molar-refractivity contribution is 7.07. The normalized spacial score (nSPS) is 22.7. The lowest BCUT2D eigenvalue weighted by molar-refractivity contribution is -0.128. The lowest BCUT2D eigenvalue weighted by Gasteiger charge is -2.38. The van der Waals surface area contributed by atoms with Crippen molar-refractivity contribution in [2.45, 2.75) is 25.9 Å². The lowest BCUT2D eigenvalue weighted by Crippen LogP contribution is -2.58. The number of nitrogens with one attached hydrogen (secondary N) is 2. The van der Waals surface area contributed by atoms with Crippen molar-refractivity contribution in [3.8, 4) is 0 Å². The van der Waals surface area contributed by atoms with Crippen molar-refractivity contribution in [3.63, 3.8) is 0 Å². The lowest BCUT2D eigenvalue weighted by atomic mass is 10.1. The van der Waals surface area contributed by atoms with Crippen LogP contribution in [-0.2, 0) is 4.79 Å². The Labute approximate surface area is 112 Å². The molecule has 1 aliphatic rings. The molecule has 0 radical (unpaired) electrons. The predicted molar refractivity (Wildman–Crippen MR) is 72.6 cm³/mol. The summed E-state index contributed by atoms with van der Waals surface area (Å²) in [6.45, 7) is 7.24. The van der Waals surface area contributed by atoms with E-state index in [9.17, 15) is 4.79 Å². The van der Waals surface area contributed by atoms with Gasteiger partial charge in [-0.2, -0.15) is 0 Å². The average Bonchev–Trinajstić information content (AvgIpc) is 2.92. The second-order valence-electron chi connectivity index (χ2n) is 4.44. The highest BCUT2D eigenvalue weighted by atomic mass is 32.1. The zero-order valence-corrected chi connectivity index (χ0v) is 11.7. The highest BCUT2D eigenvalue weighted by Gasteiger charge is 2.32. The summed E-state index contributed by atoms with van der Waals surface area (Å²) in [5.41, 5.74) is 2.89. The first-order valence-electron chi connectivity index (χ1n) is 6.36. The molecule has 0 bridgehead atoms. The molecule has 6 heteroatoms. The van der Waals surface area contributed by atoms with Gasteiger partial charge in [-0.1, -0.05) is 0 Å². The van der Waals surface area contributed by atoms with Crippen molar-refractivity contribution in [1.29, 1.82) is 0 Å². The molecule has 2 unspecified atom stereocenters. The van der Waals surface area contributed by atoms with Crippen LogP contribution >= 0.6 is 11.3 Å². The zero-order chi connectivity index (χ0) is 13.0. The van der Waals surface area contributed by atoms with Gasteiger partial charge in [0, 0.05) is 31.6 Å². The van der Waals surface area contributed by atoms with E-state index in [4.69, 9.17) is 0 Å². The number of carbonyl (C=O) groups is 1. The molecule has 1 amide bonds. The maximum absolute atomic E-state index is 12.1. The molecule has 1 fully saturated rings. The van der Waals surface area contributed by atoms with Crippen molar-refractivity contribution in [2.24, 2.45) is 0 Å². The van der Waals surface area contributed by atoms with Crippen LogP contribution in [-0.4, -0.2) is 48.0 Å². The number of likely N-dealkylation sites (N-methyl/N-ethyl adjacent to an activating group) is 1. The minimum Gasteiger partial charge on any atom is -0.355 e. The van der Waals surface area contributed by atoms with E-state index < -0.39 is 0 Å². The number of rotatable bonds is 4. The summed E-state index contributed by atoms with van der Waals surface area (Å²) in [7, 11) is 0. The first-order chi connectivity index (χ1) is 8.74. The number of thiazole rings is 1. The third kappa shape index (κ3) is 2.88. The third-order valence-corrected chi connectivity index (χ3v) is 3.92. The van der Waals surface area contributed by atoms with Gasteiger partial charge < -0.3 is 10.6 Å². The number of nitrogens with zero attached hydrogens (tertiary/aromatic N) is 2. The van der Waals surface area contributed by atoms with Gasteiger partial charge in [0.2, 0.25) is 5.91 Å². The molecule has 1 aliphatic heterocycles. The van der Waals surface area contributed by atoms with Crippen LogP contribution in [0.3, 0.4) is 0 Å². The SMILES string of the molecule is CCNC(=O)C1CNCCN1C(C)c1cscn1. The molecule has 0 aromatic carbocycles. The number of carbonyl (C=O) groups excluding carboxylic acids is 1. The van der Waals surface area contributed by atoms with Gasteiger partial charge in [0.05, 0.1) is 17.2 Å². The Bertz CT molecular complexity index is 381. The largest absolute Gasteiger partial charge is 0.355 e. The molecule has 1 aromatic heterocycles. The van der Waals surface area contributed by atoms with Crippen LogP contribution in [0, 0.1) is 0 Å². The van der Waals surface area contributed by atoms with Crippen molar-refractivity contribution in [1.82, 2.24) is 20.5 Å². The molecule has 1 aromatic rings. The van der Waals surface area contributed by atoms with Crippen LogP contribution in [0.15, 0.2) is 10.9 Å². The summed E-state index contributed by atoms with van der Waals surface area (Å²) in [6.07, 6.45) is 0. The fourth-order valence-corrected chi connectivity index (χ4v) is 2.96. The molecule has 2 atom stereocenters. The molecule has 18 heavy (non-hydrogen) atoms. The van der Waals surface area contributed by atoms with E-state index in [1.54, 1.807) is 11.3 Å². The topological polar surface area (TPSA) is 57.3 Å². The number of piperazine rings is 1. The minimum absolute atomic E-state index is 0.101. The Kier molecular flexibility index (Phi) is 4.68. The van der Waals surface area contributed by atoms with Gasteiger partial charge >= 0.3 is 0 Å². The van der Waals surface area contributed by atoms with Crippen LogP contribution in [0.1, 0.15) is 25.6 Å². The van der Waals surface area contributed by atoms with Crippen molar-refractivity contribution >= 4 is 17.2 Å². The van der Waals surface area contributed by atoms with E-state index in [2.05, 4.69) is 32.8 Å². The summed E-state index contributed by atoms with van der Waals surface area (Å²) in [4.78, 5) is 18.7. The molecule has 2 N–H and O–H groups in total. The predicted octanol–water partition coefficient (Wildman–Crippen LogP) is 0.614. The number of aromatic nitrogens is 1. The van der Waals surface area contributed by atoms with Crippen LogP contribution in [0.5, 0.6) is 0 Å². The van der Waals surface area contributed by atoms with E-state index in [0.29, 0.717) is 13.1 Å². The van der Waals surface area contributed by atoms with Gasteiger partial charge in [-0.15, -0.1) is 11.3 Å². The molecular formula is C12H20N4OS. The van der Waals surface area contributed by atoms with Crippen molar-refractivity contribution in [2.75, 3.05) is 26.2 Å². The summed E-state index contributed by atoms with van der Waals surface area (Å²) in [5, 5.41) is 8.25. The van der Waals surface area contributed by atoms with E-state index in [0.717, 1.165) is 18.8 Å². The summed E-state index contributed by atoms with van der Waals surface area (Å²) in [6, 6.07) is 0.0846. The van der Waals surface area contributed by atoms with Gasteiger partial charge in [-0.3, -0.25) is 9.69 Å². The number of hydrogen-bond donors (Lipinski definition) is 2. The highest BCUT2D eigenvalue weighted by Crippen LogP contribution is 2.23. The molecule has 2 rings (SSSR count). The monoisotopic (exact) mass is 268 g/mol. The first kappa shape index (κ1) is 13.5. The van der Waals surface area contributed by atoms with Crippen LogP contribution < -0.4 is 10.6 Å². The second kappa shape index (κ2) is 6.26. The Morgan fingerprint density at radius 1 is 1.78 bits per heavy atom. The molecule has 0 saturated carbocycles. The molecule has 0 spiro atoms. The molecule has 0 aliphatic carbocycles. The molecule has 2 heterocycles. The average molecular weight is 268 g/mol. The van der Waals surface area contributed by atoms with Gasteiger partial charge in [0.15, 0.2) is 0 Å². The van der Waals surface area contributed by atoms with Gasteiger partial charge in [0.1, 0.15) is 6.04 Å². The molecular weight excluding hydrogens is 248 g/mol. The standard InChI is InChI=1S/C12H20N4OS/c1-3-14-12(17)11-6-13-4-5-16(11)9(2)10-7-18-8-15-10/h7-9,11,13H,3-6H2,1-2H3,(H,14,17). The van der Waals surface area contributed by atoms with E-state index in [1.165, 1.54) is 0 Å². The maximum Gasteiger partial charge on any atom is 0.238 e. The summed E-state index contributed by atoms with van der Waals surface area (Å²) >= 11 is 1.60. The van der Waals surface area contributed by atoms with Crippen molar-refractivity contribution < 1.29 is 4.79 Å². The maximum atomic E-state index is 12.1. The van der Waals surface area contributed by atoms with E-state index in [-0.39, 0.29) is 18.0 Å². The first-order valence-corrected chi connectivity index (χ1v) is 7.30. The smallest absolute Gasteiger partial charge is 0.238 e. The summed E-state index contributed by atoms with van der Waals surface area (Å²) < 4.78 is 0. The van der Waals surface area contributed by atoms with Crippen LogP contribution in [0.25, 0.3) is 0 Å². The second-order valence-corrected chi connectivity index (χ2v) is 5.16. The Morgan fingerprint density at radius 2 is 2.61 bits per heavy atom. The van der Waals surface area contributed by atoms with Gasteiger partial charge in [-0.25, -0.2) is 4.98 Å². The fraction of sp³-hybridized carbons (Fsp3) is 0.667. The van der Waals surface area contributed by atoms with Crippen molar-refractivity contribution in [3.05, 3.63) is 16.6 Å². The number of hydrogen-bond acceptors (Lipinski definition) is 5. The number of amides is 1. The van der Waals surface area contributed by atoms with Crippen LogP contribution in [0.4, 0.5) is 0 Å². The van der Waals surface area contributed by atoms with E-state index in [1.807, 2.05) is 12.4 Å². The van der Waals surface area contributed by atoms with Gasteiger partial charge in [-0.05, 0) is 13.8 Å². The zero-order valence-electron chi connectivity index (χ0n) is 10.8. The Balaban J connectivity index is 2.10. The van der Waals surface area contributed by atoms with E-state index >= 15 is 0 Å². The van der Waals surface area contributed by atoms with Gasteiger partial charge in [0.25, 0.3) is 0 Å². The molecule has 1 saturated heterocycles. The Hall–Kier alpha value is -0.980. The fourth-order valence-electron chi connectivity index (χ4n) is 2.32. The third-order valence-electron chi connectivity index (χ3n) is 3.32. The minimum atomic E-state index is -0.101. The van der Waals surface area contributed by atoms with Crippen LogP contribution in [0.2, 0.25) is 0 Å². The quantitative estimate of drug-likeness (QED) is 0.840.